The Balaban J connectivity index is 2.67. The summed E-state index contributed by atoms with van der Waals surface area (Å²) in [5, 5.41) is 0. The van der Waals surface area contributed by atoms with Gasteiger partial charge in [-0.2, -0.15) is 0 Å². The molecule has 82 valence electrons. The van der Waals surface area contributed by atoms with Crippen molar-refractivity contribution < 1.29 is 8.78 Å². The number of hydrogen-bond donors (Lipinski definition) is 1. The van der Waals surface area contributed by atoms with Crippen LogP contribution in [-0.4, -0.2) is 4.98 Å². The van der Waals surface area contributed by atoms with Gasteiger partial charge in [-0.15, -0.1) is 0 Å². The van der Waals surface area contributed by atoms with Crippen molar-refractivity contribution in [1.29, 1.82) is 0 Å². The fourth-order valence-electron chi connectivity index (χ4n) is 1.47. The summed E-state index contributed by atoms with van der Waals surface area (Å²) in [4.78, 5) is 4.11. The quantitative estimate of drug-likeness (QED) is 0.802. The predicted molar refractivity (Wildman–Crippen MR) is 58.7 cm³/mol. The topological polar surface area (TPSA) is 38.9 Å². The molecule has 1 heterocycles. The molecule has 0 aliphatic carbocycles. The minimum atomic E-state index is -0.924. The van der Waals surface area contributed by atoms with Gasteiger partial charge >= 0.3 is 0 Å². The number of aromatic nitrogens is 1. The smallest absolute Gasteiger partial charge is 0.168 e. The number of nitrogen functional groups attached to an aromatic ring is 1. The van der Waals surface area contributed by atoms with Crippen molar-refractivity contribution in [3.63, 3.8) is 0 Å². The lowest BCUT2D eigenvalue weighted by molar-refractivity contribution is 0.511. The maximum atomic E-state index is 13.5. The zero-order valence-corrected chi connectivity index (χ0v) is 8.67. The summed E-state index contributed by atoms with van der Waals surface area (Å²) >= 11 is 0. The van der Waals surface area contributed by atoms with E-state index in [1.807, 2.05) is 0 Å². The van der Waals surface area contributed by atoms with Crippen LogP contribution < -0.4 is 5.73 Å². The van der Waals surface area contributed by atoms with Crippen molar-refractivity contribution in [1.82, 2.24) is 4.98 Å². The van der Waals surface area contributed by atoms with E-state index in [4.69, 9.17) is 5.73 Å². The fraction of sp³-hybridized carbons (Fsp3) is 0.0833. The molecule has 0 bridgehead atoms. The first-order chi connectivity index (χ1) is 7.59. The molecule has 0 aliphatic heterocycles. The summed E-state index contributed by atoms with van der Waals surface area (Å²) in [6.45, 7) is 1.76. The SMILES string of the molecule is Cc1ccc(N)c(-c2cccc(F)c2F)n1. The van der Waals surface area contributed by atoms with Crippen LogP contribution in [0.5, 0.6) is 0 Å². The highest BCUT2D eigenvalue weighted by molar-refractivity contribution is 5.72. The fourth-order valence-corrected chi connectivity index (χ4v) is 1.47. The number of anilines is 1. The standard InChI is InChI=1S/C12H10F2N2/c1-7-5-6-10(15)12(16-7)8-3-2-4-9(13)11(8)14/h2-6H,15H2,1H3. The molecule has 2 N–H and O–H groups in total. The Bertz CT molecular complexity index is 539. The van der Waals surface area contributed by atoms with Gasteiger partial charge in [0.05, 0.1) is 11.4 Å². The van der Waals surface area contributed by atoms with Crippen LogP contribution >= 0.6 is 0 Å². The maximum absolute atomic E-state index is 13.5. The first-order valence-electron chi connectivity index (χ1n) is 4.77. The first kappa shape index (κ1) is 10.5. The molecule has 0 spiro atoms. The van der Waals surface area contributed by atoms with Crippen molar-refractivity contribution in [2.45, 2.75) is 6.92 Å². The Morgan fingerprint density at radius 1 is 1.12 bits per heavy atom. The van der Waals surface area contributed by atoms with E-state index in [0.717, 1.165) is 6.07 Å². The Morgan fingerprint density at radius 2 is 1.88 bits per heavy atom. The molecule has 0 saturated heterocycles. The molecule has 0 aliphatic rings. The van der Waals surface area contributed by atoms with Gasteiger partial charge in [-0.3, -0.25) is 4.98 Å². The minimum Gasteiger partial charge on any atom is -0.397 e. The van der Waals surface area contributed by atoms with Gasteiger partial charge in [-0.05, 0) is 31.2 Å². The number of nitrogens with zero attached hydrogens (tertiary/aromatic N) is 1. The van der Waals surface area contributed by atoms with E-state index in [0.29, 0.717) is 11.4 Å². The molecule has 1 aromatic heterocycles. The summed E-state index contributed by atoms with van der Waals surface area (Å²) < 4.78 is 26.6. The highest BCUT2D eigenvalue weighted by Gasteiger charge is 2.13. The summed E-state index contributed by atoms with van der Waals surface area (Å²) in [6.07, 6.45) is 0. The Morgan fingerprint density at radius 3 is 2.62 bits per heavy atom. The summed E-state index contributed by atoms with van der Waals surface area (Å²) in [5.74, 6) is -1.83. The lowest BCUT2D eigenvalue weighted by atomic mass is 10.1. The van der Waals surface area contributed by atoms with Crippen LogP contribution in [-0.2, 0) is 0 Å². The molecule has 16 heavy (non-hydrogen) atoms. The van der Waals surface area contributed by atoms with E-state index in [-0.39, 0.29) is 11.3 Å². The lowest BCUT2D eigenvalue weighted by Crippen LogP contribution is -1.98. The molecule has 2 nitrogen and oxygen atoms in total. The molecule has 4 heteroatoms. The average molecular weight is 220 g/mol. The van der Waals surface area contributed by atoms with Gasteiger partial charge in [0.25, 0.3) is 0 Å². The van der Waals surface area contributed by atoms with Crippen LogP contribution in [0.15, 0.2) is 30.3 Å². The molecule has 0 saturated carbocycles. The van der Waals surface area contributed by atoms with E-state index in [1.54, 1.807) is 19.1 Å². The Hall–Kier alpha value is -1.97. The third kappa shape index (κ3) is 1.74. The summed E-state index contributed by atoms with van der Waals surface area (Å²) in [5.41, 5.74) is 7.08. The summed E-state index contributed by atoms with van der Waals surface area (Å²) in [6, 6.07) is 7.29. The van der Waals surface area contributed by atoms with Gasteiger partial charge in [0.2, 0.25) is 0 Å². The zero-order chi connectivity index (χ0) is 11.7. The second kappa shape index (κ2) is 3.89. The lowest BCUT2D eigenvalue weighted by Gasteiger charge is -2.07. The van der Waals surface area contributed by atoms with Crippen molar-refractivity contribution >= 4 is 5.69 Å². The number of halogens is 2. The first-order valence-corrected chi connectivity index (χ1v) is 4.77. The van der Waals surface area contributed by atoms with Gasteiger partial charge in [0.1, 0.15) is 0 Å². The second-order valence-corrected chi connectivity index (χ2v) is 3.49. The molecule has 1 aromatic carbocycles. The minimum absolute atomic E-state index is 0.0844. The number of aryl methyl sites for hydroxylation is 1. The van der Waals surface area contributed by atoms with Crippen LogP contribution in [0.3, 0.4) is 0 Å². The van der Waals surface area contributed by atoms with E-state index in [2.05, 4.69) is 4.98 Å². The van der Waals surface area contributed by atoms with Crippen LogP contribution in [0.1, 0.15) is 5.69 Å². The third-order valence-electron chi connectivity index (χ3n) is 2.27. The molecule has 0 fully saturated rings. The highest BCUT2D eigenvalue weighted by atomic mass is 19.2. The normalized spacial score (nSPS) is 10.4. The maximum Gasteiger partial charge on any atom is 0.168 e. The molecule has 2 aromatic rings. The van der Waals surface area contributed by atoms with Gasteiger partial charge in [0, 0.05) is 11.3 Å². The molecule has 0 atom stereocenters. The van der Waals surface area contributed by atoms with Gasteiger partial charge in [0.15, 0.2) is 11.6 Å². The van der Waals surface area contributed by atoms with Crippen LogP contribution in [0.4, 0.5) is 14.5 Å². The van der Waals surface area contributed by atoms with Crippen molar-refractivity contribution in [3.05, 3.63) is 47.7 Å². The van der Waals surface area contributed by atoms with Crippen LogP contribution in [0.2, 0.25) is 0 Å². The number of pyridine rings is 1. The summed E-state index contributed by atoms with van der Waals surface area (Å²) in [7, 11) is 0. The predicted octanol–water partition coefficient (Wildman–Crippen LogP) is 2.92. The average Bonchev–Trinajstić information content (AvgIpc) is 2.26. The molecular weight excluding hydrogens is 210 g/mol. The molecule has 0 radical (unpaired) electrons. The van der Waals surface area contributed by atoms with Gasteiger partial charge in [-0.1, -0.05) is 6.07 Å². The van der Waals surface area contributed by atoms with Crippen LogP contribution in [0, 0.1) is 18.6 Å². The molecule has 0 amide bonds. The molecule has 2 rings (SSSR count). The Labute approximate surface area is 91.7 Å². The second-order valence-electron chi connectivity index (χ2n) is 3.49. The highest BCUT2D eigenvalue weighted by Crippen LogP contribution is 2.27. The van der Waals surface area contributed by atoms with Gasteiger partial charge < -0.3 is 5.73 Å². The van der Waals surface area contributed by atoms with E-state index >= 15 is 0 Å². The largest absolute Gasteiger partial charge is 0.397 e. The van der Waals surface area contributed by atoms with Crippen molar-refractivity contribution in [3.8, 4) is 11.3 Å². The third-order valence-corrected chi connectivity index (χ3v) is 2.27. The number of benzene rings is 1. The number of rotatable bonds is 1. The van der Waals surface area contributed by atoms with Crippen molar-refractivity contribution in [2.24, 2.45) is 0 Å². The monoisotopic (exact) mass is 220 g/mol. The number of hydrogen-bond acceptors (Lipinski definition) is 2. The molecule has 0 unspecified atom stereocenters. The van der Waals surface area contributed by atoms with E-state index in [9.17, 15) is 8.78 Å². The van der Waals surface area contributed by atoms with E-state index in [1.165, 1.54) is 12.1 Å². The van der Waals surface area contributed by atoms with Crippen molar-refractivity contribution in [2.75, 3.05) is 5.73 Å². The van der Waals surface area contributed by atoms with Crippen LogP contribution in [0.25, 0.3) is 11.3 Å². The molecular formula is C12H10F2N2. The Kier molecular flexibility index (Phi) is 2.56. The number of nitrogens with two attached hydrogens (primary N) is 1. The van der Waals surface area contributed by atoms with E-state index < -0.39 is 11.6 Å². The van der Waals surface area contributed by atoms with Gasteiger partial charge in [-0.25, -0.2) is 8.78 Å². The zero-order valence-electron chi connectivity index (χ0n) is 8.67.